The third-order valence-corrected chi connectivity index (χ3v) is 2.53. The second-order valence-corrected chi connectivity index (χ2v) is 3.46. The zero-order valence-corrected chi connectivity index (χ0v) is 6.99. The molecule has 0 bridgehead atoms. The van der Waals surface area contributed by atoms with Crippen LogP contribution in [-0.4, -0.2) is 10.1 Å². The molecule has 4 nitrogen and oxygen atoms in total. The SMILES string of the molecule is NC1(c2ncno2)CCCCC1. The minimum Gasteiger partial charge on any atom is -0.338 e. The monoisotopic (exact) mass is 167 g/mol. The third-order valence-electron chi connectivity index (χ3n) is 2.53. The van der Waals surface area contributed by atoms with Gasteiger partial charge in [0.05, 0.1) is 5.54 Å². The maximum atomic E-state index is 6.13. The molecule has 0 spiro atoms. The van der Waals surface area contributed by atoms with Crippen molar-refractivity contribution >= 4 is 0 Å². The van der Waals surface area contributed by atoms with Crippen LogP contribution in [0.2, 0.25) is 0 Å². The molecule has 1 fully saturated rings. The Hall–Kier alpha value is -0.900. The Labute approximate surface area is 71.1 Å². The summed E-state index contributed by atoms with van der Waals surface area (Å²) in [5, 5.41) is 3.58. The summed E-state index contributed by atoms with van der Waals surface area (Å²) in [6, 6.07) is 0. The van der Waals surface area contributed by atoms with E-state index >= 15 is 0 Å². The predicted octanol–water partition coefficient (Wildman–Crippen LogP) is 1.19. The van der Waals surface area contributed by atoms with Crippen molar-refractivity contribution in [3.8, 4) is 0 Å². The summed E-state index contributed by atoms with van der Waals surface area (Å²) >= 11 is 0. The summed E-state index contributed by atoms with van der Waals surface area (Å²) in [4.78, 5) is 4.01. The molecule has 1 aromatic heterocycles. The molecule has 0 atom stereocenters. The highest BCUT2D eigenvalue weighted by atomic mass is 16.5. The lowest BCUT2D eigenvalue weighted by Gasteiger charge is -2.29. The summed E-state index contributed by atoms with van der Waals surface area (Å²) < 4.78 is 4.99. The number of nitrogens with two attached hydrogens (primary N) is 1. The molecule has 0 aliphatic heterocycles. The van der Waals surface area contributed by atoms with Gasteiger partial charge in [0, 0.05) is 0 Å². The van der Waals surface area contributed by atoms with Gasteiger partial charge in [0.15, 0.2) is 6.33 Å². The molecule has 0 saturated heterocycles. The molecule has 0 radical (unpaired) electrons. The fraction of sp³-hybridized carbons (Fsp3) is 0.750. The van der Waals surface area contributed by atoms with Gasteiger partial charge in [-0.3, -0.25) is 0 Å². The van der Waals surface area contributed by atoms with Gasteiger partial charge in [0.25, 0.3) is 0 Å². The second-order valence-electron chi connectivity index (χ2n) is 3.46. The van der Waals surface area contributed by atoms with Crippen molar-refractivity contribution in [2.24, 2.45) is 5.73 Å². The van der Waals surface area contributed by atoms with E-state index in [0.717, 1.165) is 12.8 Å². The molecule has 12 heavy (non-hydrogen) atoms. The van der Waals surface area contributed by atoms with Crippen molar-refractivity contribution in [2.75, 3.05) is 0 Å². The molecule has 0 unspecified atom stereocenters. The highest BCUT2D eigenvalue weighted by Crippen LogP contribution is 2.33. The maximum Gasteiger partial charge on any atom is 0.246 e. The average Bonchev–Trinajstić information content (AvgIpc) is 2.58. The van der Waals surface area contributed by atoms with Crippen LogP contribution in [0.15, 0.2) is 10.9 Å². The van der Waals surface area contributed by atoms with Crippen LogP contribution < -0.4 is 5.73 Å². The van der Waals surface area contributed by atoms with Crippen LogP contribution in [0.25, 0.3) is 0 Å². The first-order chi connectivity index (χ1) is 5.81. The Morgan fingerprint density at radius 2 is 2.08 bits per heavy atom. The second kappa shape index (κ2) is 2.86. The van der Waals surface area contributed by atoms with E-state index in [-0.39, 0.29) is 5.54 Å². The van der Waals surface area contributed by atoms with E-state index in [1.165, 1.54) is 25.6 Å². The summed E-state index contributed by atoms with van der Waals surface area (Å²) in [7, 11) is 0. The van der Waals surface area contributed by atoms with Crippen LogP contribution in [0.3, 0.4) is 0 Å². The molecule has 2 rings (SSSR count). The van der Waals surface area contributed by atoms with Crippen LogP contribution in [0, 0.1) is 0 Å². The van der Waals surface area contributed by atoms with E-state index in [9.17, 15) is 0 Å². The van der Waals surface area contributed by atoms with Gasteiger partial charge < -0.3 is 10.3 Å². The van der Waals surface area contributed by atoms with Crippen LogP contribution in [0.1, 0.15) is 38.0 Å². The Morgan fingerprint density at radius 1 is 1.33 bits per heavy atom. The maximum absolute atomic E-state index is 6.13. The fourth-order valence-electron chi connectivity index (χ4n) is 1.79. The van der Waals surface area contributed by atoms with Gasteiger partial charge in [0.2, 0.25) is 5.89 Å². The van der Waals surface area contributed by atoms with Crippen LogP contribution in [0.4, 0.5) is 0 Å². The van der Waals surface area contributed by atoms with Gasteiger partial charge >= 0.3 is 0 Å². The molecule has 4 heteroatoms. The first kappa shape index (κ1) is 7.73. The first-order valence-corrected chi connectivity index (χ1v) is 4.37. The number of hydrogen-bond acceptors (Lipinski definition) is 4. The van der Waals surface area contributed by atoms with E-state index < -0.39 is 0 Å². The number of hydrogen-bond donors (Lipinski definition) is 1. The Balaban J connectivity index is 2.19. The summed E-state index contributed by atoms with van der Waals surface area (Å²) in [6.45, 7) is 0. The molecule has 0 aromatic carbocycles. The Morgan fingerprint density at radius 3 is 2.67 bits per heavy atom. The largest absolute Gasteiger partial charge is 0.338 e. The van der Waals surface area contributed by atoms with E-state index in [1.807, 2.05) is 0 Å². The number of rotatable bonds is 1. The zero-order chi connectivity index (χ0) is 8.44. The van der Waals surface area contributed by atoms with Crippen molar-refractivity contribution in [2.45, 2.75) is 37.6 Å². The molecule has 1 heterocycles. The van der Waals surface area contributed by atoms with Crippen molar-refractivity contribution < 1.29 is 4.52 Å². The lowest BCUT2D eigenvalue weighted by atomic mass is 9.82. The topological polar surface area (TPSA) is 64.9 Å². The highest BCUT2D eigenvalue weighted by molar-refractivity contribution is 5.00. The van der Waals surface area contributed by atoms with E-state index in [1.54, 1.807) is 0 Å². The van der Waals surface area contributed by atoms with Crippen molar-refractivity contribution in [3.63, 3.8) is 0 Å². The molecule has 1 aliphatic carbocycles. The van der Waals surface area contributed by atoms with E-state index in [2.05, 4.69) is 10.1 Å². The molecule has 2 N–H and O–H groups in total. The fourth-order valence-corrected chi connectivity index (χ4v) is 1.79. The molecule has 1 saturated carbocycles. The van der Waals surface area contributed by atoms with Crippen molar-refractivity contribution in [1.82, 2.24) is 10.1 Å². The number of nitrogens with zero attached hydrogens (tertiary/aromatic N) is 2. The van der Waals surface area contributed by atoms with Gasteiger partial charge in [-0.2, -0.15) is 4.98 Å². The Bertz CT molecular complexity index is 239. The van der Waals surface area contributed by atoms with Crippen LogP contribution in [0.5, 0.6) is 0 Å². The lowest BCUT2D eigenvalue weighted by Crippen LogP contribution is -2.38. The van der Waals surface area contributed by atoms with Crippen molar-refractivity contribution in [1.29, 1.82) is 0 Å². The van der Waals surface area contributed by atoms with E-state index in [4.69, 9.17) is 10.3 Å². The van der Waals surface area contributed by atoms with Gasteiger partial charge in [-0.05, 0) is 12.8 Å². The summed E-state index contributed by atoms with van der Waals surface area (Å²) in [5.41, 5.74) is 5.79. The normalized spacial score (nSPS) is 22.4. The number of aromatic nitrogens is 2. The van der Waals surface area contributed by atoms with Crippen LogP contribution in [-0.2, 0) is 5.54 Å². The molecule has 1 aromatic rings. The molecular formula is C8H13N3O. The van der Waals surface area contributed by atoms with Gasteiger partial charge in [-0.25, -0.2) is 0 Å². The minimum atomic E-state index is -0.339. The summed E-state index contributed by atoms with van der Waals surface area (Å²) in [6.07, 6.45) is 6.95. The van der Waals surface area contributed by atoms with Gasteiger partial charge in [0.1, 0.15) is 0 Å². The Kier molecular flexibility index (Phi) is 1.84. The highest BCUT2D eigenvalue weighted by Gasteiger charge is 2.34. The quantitative estimate of drug-likeness (QED) is 0.682. The molecule has 1 aliphatic rings. The van der Waals surface area contributed by atoms with E-state index in [0.29, 0.717) is 5.89 Å². The third kappa shape index (κ3) is 1.22. The standard InChI is InChI=1S/C8H13N3O/c9-8(4-2-1-3-5-8)7-10-6-11-12-7/h6H,1-5,9H2. The summed E-state index contributed by atoms with van der Waals surface area (Å²) in [5.74, 6) is 0.599. The first-order valence-electron chi connectivity index (χ1n) is 4.37. The zero-order valence-electron chi connectivity index (χ0n) is 6.99. The molecule has 66 valence electrons. The average molecular weight is 167 g/mol. The van der Waals surface area contributed by atoms with Crippen molar-refractivity contribution in [3.05, 3.63) is 12.2 Å². The minimum absolute atomic E-state index is 0.339. The molecular weight excluding hydrogens is 154 g/mol. The lowest BCUT2D eigenvalue weighted by molar-refractivity contribution is 0.219. The van der Waals surface area contributed by atoms with Crippen LogP contribution >= 0.6 is 0 Å². The van der Waals surface area contributed by atoms with Gasteiger partial charge in [-0.1, -0.05) is 24.4 Å². The smallest absolute Gasteiger partial charge is 0.246 e. The van der Waals surface area contributed by atoms with Gasteiger partial charge in [-0.15, -0.1) is 0 Å². The predicted molar refractivity (Wildman–Crippen MR) is 43.2 cm³/mol. The molecule has 0 amide bonds.